The number of rotatable bonds is 6. The summed E-state index contributed by atoms with van der Waals surface area (Å²) in [6, 6.07) is 4.41. The van der Waals surface area contributed by atoms with E-state index in [0.717, 1.165) is 32.6 Å². The third-order valence-electron chi connectivity index (χ3n) is 3.73. The van der Waals surface area contributed by atoms with Crippen LogP contribution in [-0.2, 0) is 9.53 Å². The summed E-state index contributed by atoms with van der Waals surface area (Å²) < 4.78 is 18.3. The topological polar surface area (TPSA) is 67.6 Å². The van der Waals surface area contributed by atoms with E-state index in [-0.39, 0.29) is 11.6 Å². The number of ether oxygens (including phenoxy) is 1. The molecule has 0 bridgehead atoms. The van der Waals surface area contributed by atoms with Crippen LogP contribution in [0.5, 0.6) is 0 Å². The normalized spacial score (nSPS) is 18.1. The van der Waals surface area contributed by atoms with Gasteiger partial charge in [0.05, 0.1) is 18.0 Å². The lowest BCUT2D eigenvalue weighted by atomic mass is 10.2. The van der Waals surface area contributed by atoms with Crippen molar-refractivity contribution in [2.75, 3.05) is 37.9 Å². The fourth-order valence-electron chi connectivity index (χ4n) is 2.40. The number of carbonyl (C=O) groups is 1. The van der Waals surface area contributed by atoms with Gasteiger partial charge in [-0.2, -0.15) is 0 Å². The molecule has 0 spiro atoms. The van der Waals surface area contributed by atoms with Crippen molar-refractivity contribution < 1.29 is 13.9 Å². The number of amides is 1. The second kappa shape index (κ2) is 7.38. The van der Waals surface area contributed by atoms with Crippen LogP contribution in [-0.4, -0.2) is 43.7 Å². The summed E-state index contributed by atoms with van der Waals surface area (Å²) in [7, 11) is 2.05. The number of halogens is 1. The summed E-state index contributed by atoms with van der Waals surface area (Å²) in [5.41, 5.74) is 6.35. The Morgan fingerprint density at radius 2 is 2.38 bits per heavy atom. The van der Waals surface area contributed by atoms with Crippen LogP contribution in [0.4, 0.5) is 15.8 Å². The second-order valence-corrected chi connectivity index (χ2v) is 5.38. The molecule has 1 aromatic rings. The quantitative estimate of drug-likeness (QED) is 0.786. The lowest BCUT2D eigenvalue weighted by Gasteiger charge is -2.22. The van der Waals surface area contributed by atoms with Gasteiger partial charge in [-0.05, 0) is 44.6 Å². The van der Waals surface area contributed by atoms with Crippen molar-refractivity contribution in [3.63, 3.8) is 0 Å². The van der Waals surface area contributed by atoms with Gasteiger partial charge in [-0.1, -0.05) is 0 Å². The fourth-order valence-corrected chi connectivity index (χ4v) is 2.40. The van der Waals surface area contributed by atoms with Gasteiger partial charge in [0.1, 0.15) is 5.82 Å². The van der Waals surface area contributed by atoms with Gasteiger partial charge in [0.25, 0.3) is 0 Å². The first kappa shape index (κ1) is 15.7. The molecule has 1 unspecified atom stereocenters. The van der Waals surface area contributed by atoms with Crippen molar-refractivity contribution in [2.24, 2.45) is 0 Å². The van der Waals surface area contributed by atoms with E-state index in [0.29, 0.717) is 18.2 Å². The molecule has 1 atom stereocenters. The summed E-state index contributed by atoms with van der Waals surface area (Å²) >= 11 is 0. The summed E-state index contributed by atoms with van der Waals surface area (Å²) in [6.07, 6.45) is 2.23. The van der Waals surface area contributed by atoms with Crippen molar-refractivity contribution in [3.05, 3.63) is 24.0 Å². The molecule has 3 N–H and O–H groups in total. The largest absolute Gasteiger partial charge is 0.397 e. The van der Waals surface area contributed by atoms with Crippen LogP contribution in [0.25, 0.3) is 0 Å². The Morgan fingerprint density at radius 3 is 3.05 bits per heavy atom. The number of anilines is 2. The average molecular weight is 295 g/mol. The molecule has 1 amide bonds. The number of carbonyl (C=O) groups excluding carboxylic acids is 1. The molecular weight excluding hydrogens is 273 g/mol. The molecule has 1 fully saturated rings. The molecule has 116 valence electrons. The van der Waals surface area contributed by atoms with E-state index in [4.69, 9.17) is 10.5 Å². The van der Waals surface area contributed by atoms with Gasteiger partial charge in [0.15, 0.2) is 0 Å². The van der Waals surface area contributed by atoms with Crippen LogP contribution >= 0.6 is 0 Å². The minimum absolute atomic E-state index is 0.107. The monoisotopic (exact) mass is 295 g/mol. The Hall–Kier alpha value is -1.66. The van der Waals surface area contributed by atoms with E-state index in [9.17, 15) is 9.18 Å². The molecular formula is C15H22FN3O2. The number of benzene rings is 1. The Balaban J connectivity index is 1.72. The van der Waals surface area contributed by atoms with E-state index in [2.05, 4.69) is 17.3 Å². The molecule has 0 saturated carbocycles. The average Bonchev–Trinajstić information content (AvgIpc) is 2.96. The van der Waals surface area contributed by atoms with Crippen LogP contribution in [0.15, 0.2) is 18.2 Å². The van der Waals surface area contributed by atoms with E-state index < -0.39 is 5.82 Å². The van der Waals surface area contributed by atoms with Crippen molar-refractivity contribution in [1.29, 1.82) is 0 Å². The molecule has 21 heavy (non-hydrogen) atoms. The maximum atomic E-state index is 12.9. The first-order valence-electron chi connectivity index (χ1n) is 7.19. The molecule has 5 nitrogen and oxygen atoms in total. The van der Waals surface area contributed by atoms with Crippen LogP contribution < -0.4 is 11.1 Å². The highest BCUT2D eigenvalue weighted by Gasteiger charge is 2.19. The maximum Gasteiger partial charge on any atom is 0.224 e. The van der Waals surface area contributed by atoms with Gasteiger partial charge >= 0.3 is 0 Å². The molecule has 2 rings (SSSR count). The highest BCUT2D eigenvalue weighted by atomic mass is 19.1. The summed E-state index contributed by atoms with van der Waals surface area (Å²) in [5.74, 6) is -0.518. The van der Waals surface area contributed by atoms with Crippen LogP contribution in [0.3, 0.4) is 0 Å². The zero-order chi connectivity index (χ0) is 15.2. The maximum absolute atomic E-state index is 12.9. The summed E-state index contributed by atoms with van der Waals surface area (Å²) in [5, 5.41) is 2.71. The Labute approximate surface area is 124 Å². The third-order valence-corrected chi connectivity index (χ3v) is 3.73. The highest BCUT2D eigenvalue weighted by Crippen LogP contribution is 2.19. The number of nitrogen functional groups attached to an aromatic ring is 1. The first-order valence-corrected chi connectivity index (χ1v) is 7.19. The van der Waals surface area contributed by atoms with Gasteiger partial charge in [0.2, 0.25) is 5.91 Å². The van der Waals surface area contributed by atoms with E-state index in [1.54, 1.807) is 0 Å². The number of likely N-dealkylation sites (N-methyl/N-ethyl adjacent to an activating group) is 1. The van der Waals surface area contributed by atoms with Crippen molar-refractivity contribution >= 4 is 17.3 Å². The van der Waals surface area contributed by atoms with Gasteiger partial charge in [-0.3, -0.25) is 4.79 Å². The molecule has 0 radical (unpaired) electrons. The van der Waals surface area contributed by atoms with E-state index in [1.165, 1.54) is 18.2 Å². The predicted molar refractivity (Wildman–Crippen MR) is 80.5 cm³/mol. The standard InChI is InChI=1S/C15H22FN3O2/c1-19(12-6-8-21-10-12)7-2-3-15(20)18-14-5-4-11(16)9-13(14)17/h4-5,9,12H,2-3,6-8,10,17H2,1H3,(H,18,20). The molecule has 1 aliphatic rings. The van der Waals surface area contributed by atoms with E-state index in [1.807, 2.05) is 0 Å². The number of hydrogen-bond acceptors (Lipinski definition) is 4. The number of nitrogens with two attached hydrogens (primary N) is 1. The number of hydrogen-bond donors (Lipinski definition) is 2. The summed E-state index contributed by atoms with van der Waals surface area (Å²) in [6.45, 7) is 2.44. The van der Waals surface area contributed by atoms with Crippen LogP contribution in [0.2, 0.25) is 0 Å². The zero-order valence-corrected chi connectivity index (χ0v) is 12.3. The number of nitrogens with one attached hydrogen (secondary N) is 1. The van der Waals surface area contributed by atoms with Gasteiger partial charge in [0, 0.05) is 19.1 Å². The Morgan fingerprint density at radius 1 is 1.57 bits per heavy atom. The van der Waals surface area contributed by atoms with Crippen LogP contribution in [0, 0.1) is 5.82 Å². The van der Waals surface area contributed by atoms with Gasteiger partial charge in [-0.25, -0.2) is 4.39 Å². The van der Waals surface area contributed by atoms with E-state index >= 15 is 0 Å². The van der Waals surface area contributed by atoms with Crippen molar-refractivity contribution in [2.45, 2.75) is 25.3 Å². The molecule has 1 aliphatic heterocycles. The molecule has 1 aromatic carbocycles. The van der Waals surface area contributed by atoms with Crippen molar-refractivity contribution in [1.82, 2.24) is 4.90 Å². The Bertz CT molecular complexity index is 490. The third kappa shape index (κ3) is 4.68. The minimum atomic E-state index is -0.411. The van der Waals surface area contributed by atoms with Crippen LogP contribution in [0.1, 0.15) is 19.3 Å². The van der Waals surface area contributed by atoms with Crippen molar-refractivity contribution in [3.8, 4) is 0 Å². The molecule has 0 aromatic heterocycles. The lowest BCUT2D eigenvalue weighted by molar-refractivity contribution is -0.116. The highest BCUT2D eigenvalue weighted by molar-refractivity contribution is 5.93. The molecule has 1 heterocycles. The predicted octanol–water partition coefficient (Wildman–Crippen LogP) is 1.85. The van der Waals surface area contributed by atoms with Gasteiger partial charge in [-0.15, -0.1) is 0 Å². The first-order chi connectivity index (χ1) is 10.1. The zero-order valence-electron chi connectivity index (χ0n) is 12.3. The summed E-state index contributed by atoms with van der Waals surface area (Å²) in [4.78, 5) is 14.1. The SMILES string of the molecule is CN(CCCC(=O)Nc1ccc(F)cc1N)C1CCOC1. The smallest absolute Gasteiger partial charge is 0.224 e. The molecule has 1 saturated heterocycles. The molecule has 0 aliphatic carbocycles. The second-order valence-electron chi connectivity index (χ2n) is 5.38. The van der Waals surface area contributed by atoms with Gasteiger partial charge < -0.3 is 20.7 Å². The Kier molecular flexibility index (Phi) is 5.52. The molecule has 6 heteroatoms. The lowest BCUT2D eigenvalue weighted by Crippen LogP contribution is -2.33. The number of nitrogens with zero attached hydrogens (tertiary/aromatic N) is 1. The fraction of sp³-hybridized carbons (Fsp3) is 0.533. The minimum Gasteiger partial charge on any atom is -0.397 e.